The number of sulfonamides is 1. The highest BCUT2D eigenvalue weighted by atomic mass is 32.2. The van der Waals surface area contributed by atoms with Crippen molar-refractivity contribution in [3.8, 4) is 0 Å². The number of hydrogen-bond donors (Lipinski definition) is 2. The lowest BCUT2D eigenvalue weighted by Gasteiger charge is -2.22. The van der Waals surface area contributed by atoms with Crippen LogP contribution >= 0.6 is 0 Å². The maximum Gasteiger partial charge on any atom is 0.264 e. The molecule has 2 N–H and O–H groups in total. The first-order chi connectivity index (χ1) is 14.8. The Bertz CT molecular complexity index is 1010. The second-order valence-electron chi connectivity index (χ2n) is 9.25. The van der Waals surface area contributed by atoms with Crippen LogP contribution in [0.1, 0.15) is 80.4 Å². The Morgan fingerprint density at radius 2 is 1.47 bits per heavy atom. The van der Waals surface area contributed by atoms with Crippen LogP contribution in [0.5, 0.6) is 0 Å². The van der Waals surface area contributed by atoms with E-state index in [1.807, 2.05) is 58.8 Å². The summed E-state index contributed by atoms with van der Waals surface area (Å²) in [7, 11) is -0.0859. The van der Waals surface area contributed by atoms with Crippen LogP contribution in [-0.2, 0) is 27.8 Å². The van der Waals surface area contributed by atoms with E-state index in [9.17, 15) is 18.3 Å². The molecular formula is C25H36N2O4S. The van der Waals surface area contributed by atoms with Gasteiger partial charge in [0.1, 0.15) is 0 Å². The van der Waals surface area contributed by atoms with Gasteiger partial charge in [0.2, 0.25) is 5.91 Å². The van der Waals surface area contributed by atoms with Crippen molar-refractivity contribution < 1.29 is 18.3 Å². The minimum atomic E-state index is -3.97. The standard InChI is InChI=1S/C25H36N2O4S/c1-16(2)22-12-20(18(5)28)13-23(17(3)4)24(22)14-25(29)26-32(30,31)21-10-8-19(9-11-21)15-27(6)7/h8-13,16-18,28H,14-15H2,1-7H3,(H,26,29). The van der Waals surface area contributed by atoms with E-state index in [2.05, 4.69) is 4.72 Å². The molecule has 2 rings (SSSR count). The number of nitrogens with one attached hydrogen (secondary N) is 1. The number of amides is 1. The van der Waals surface area contributed by atoms with Gasteiger partial charge in [-0.3, -0.25) is 4.79 Å². The van der Waals surface area contributed by atoms with Crippen molar-refractivity contribution >= 4 is 15.9 Å². The normalized spacial score (nSPS) is 13.1. The van der Waals surface area contributed by atoms with Gasteiger partial charge in [-0.05, 0) is 72.8 Å². The van der Waals surface area contributed by atoms with E-state index in [1.54, 1.807) is 19.1 Å². The maximum absolute atomic E-state index is 12.8. The molecule has 2 aromatic carbocycles. The molecular weight excluding hydrogens is 424 g/mol. The van der Waals surface area contributed by atoms with Gasteiger partial charge >= 0.3 is 0 Å². The van der Waals surface area contributed by atoms with Crippen molar-refractivity contribution in [3.63, 3.8) is 0 Å². The zero-order chi connectivity index (χ0) is 24.2. The lowest BCUT2D eigenvalue weighted by Crippen LogP contribution is -2.32. The summed E-state index contributed by atoms with van der Waals surface area (Å²) >= 11 is 0. The monoisotopic (exact) mass is 460 g/mol. The molecule has 1 atom stereocenters. The van der Waals surface area contributed by atoms with Crippen LogP contribution in [0, 0.1) is 0 Å². The predicted octanol–water partition coefficient (Wildman–Crippen LogP) is 4.10. The van der Waals surface area contributed by atoms with Gasteiger partial charge in [0.25, 0.3) is 10.0 Å². The van der Waals surface area contributed by atoms with E-state index < -0.39 is 22.0 Å². The Morgan fingerprint density at radius 1 is 0.969 bits per heavy atom. The van der Waals surface area contributed by atoms with Crippen LogP contribution in [0.25, 0.3) is 0 Å². The summed E-state index contributed by atoms with van der Waals surface area (Å²) in [6.07, 6.45) is -0.664. The third-order valence-electron chi connectivity index (χ3n) is 5.39. The van der Waals surface area contributed by atoms with Gasteiger partial charge in [-0.1, -0.05) is 52.0 Å². The molecule has 0 aliphatic heterocycles. The minimum absolute atomic E-state index is 0.0426. The summed E-state index contributed by atoms with van der Waals surface area (Å²) < 4.78 is 27.8. The van der Waals surface area contributed by atoms with Gasteiger partial charge in [0.05, 0.1) is 17.4 Å². The van der Waals surface area contributed by atoms with Crippen molar-refractivity contribution in [2.45, 2.75) is 70.4 Å². The topological polar surface area (TPSA) is 86.7 Å². The van der Waals surface area contributed by atoms with Gasteiger partial charge in [-0.15, -0.1) is 0 Å². The summed E-state index contributed by atoms with van der Waals surface area (Å²) in [6, 6.07) is 10.4. The SMILES string of the molecule is CC(C)c1cc(C(C)O)cc(C(C)C)c1CC(=O)NS(=O)(=O)c1ccc(CN(C)C)cc1. The molecule has 0 saturated heterocycles. The Morgan fingerprint density at radius 3 is 1.88 bits per heavy atom. The highest BCUT2D eigenvalue weighted by Gasteiger charge is 2.23. The van der Waals surface area contributed by atoms with Crippen LogP contribution in [0.4, 0.5) is 0 Å². The van der Waals surface area contributed by atoms with Crippen LogP contribution in [0.3, 0.4) is 0 Å². The van der Waals surface area contributed by atoms with Crippen molar-refractivity contribution in [2.24, 2.45) is 0 Å². The highest BCUT2D eigenvalue weighted by Crippen LogP contribution is 2.32. The minimum Gasteiger partial charge on any atom is -0.389 e. The van der Waals surface area contributed by atoms with Gasteiger partial charge in [-0.25, -0.2) is 13.1 Å². The first-order valence-electron chi connectivity index (χ1n) is 11.0. The first-order valence-corrected chi connectivity index (χ1v) is 12.4. The lowest BCUT2D eigenvalue weighted by atomic mass is 9.84. The van der Waals surface area contributed by atoms with E-state index in [1.165, 1.54) is 12.1 Å². The molecule has 2 aromatic rings. The quantitative estimate of drug-likeness (QED) is 0.588. The molecule has 32 heavy (non-hydrogen) atoms. The molecule has 176 valence electrons. The molecule has 0 aliphatic rings. The highest BCUT2D eigenvalue weighted by molar-refractivity contribution is 7.90. The van der Waals surface area contributed by atoms with Crippen LogP contribution in [-0.4, -0.2) is 38.4 Å². The van der Waals surface area contributed by atoms with E-state index in [-0.39, 0.29) is 23.2 Å². The number of carbonyl (C=O) groups is 1. The number of aliphatic hydroxyl groups is 1. The van der Waals surface area contributed by atoms with Crippen molar-refractivity contribution in [3.05, 3.63) is 64.2 Å². The zero-order valence-corrected chi connectivity index (χ0v) is 21.0. The zero-order valence-electron chi connectivity index (χ0n) is 20.1. The van der Waals surface area contributed by atoms with Crippen molar-refractivity contribution in [1.82, 2.24) is 9.62 Å². The molecule has 0 saturated carbocycles. The van der Waals surface area contributed by atoms with Gasteiger partial charge < -0.3 is 10.0 Å². The van der Waals surface area contributed by atoms with Crippen LogP contribution < -0.4 is 4.72 Å². The molecule has 7 heteroatoms. The van der Waals surface area contributed by atoms with Gasteiger partial charge in [0.15, 0.2) is 0 Å². The van der Waals surface area contributed by atoms with Gasteiger partial charge in [-0.2, -0.15) is 0 Å². The van der Waals surface area contributed by atoms with E-state index in [4.69, 9.17) is 0 Å². The smallest absolute Gasteiger partial charge is 0.264 e. The second-order valence-corrected chi connectivity index (χ2v) is 10.9. The number of aliphatic hydroxyl groups excluding tert-OH is 1. The molecule has 1 amide bonds. The third-order valence-corrected chi connectivity index (χ3v) is 6.77. The second kappa shape index (κ2) is 10.6. The molecule has 0 heterocycles. The van der Waals surface area contributed by atoms with Gasteiger partial charge in [0, 0.05) is 6.54 Å². The Balaban J connectivity index is 2.32. The molecule has 1 unspecified atom stereocenters. The third kappa shape index (κ3) is 6.64. The summed E-state index contributed by atoms with van der Waals surface area (Å²) in [5.41, 5.74) is 4.52. The molecule has 0 aliphatic carbocycles. The molecule has 0 radical (unpaired) electrons. The number of benzene rings is 2. The Kier molecular flexibility index (Phi) is 8.62. The molecule has 0 bridgehead atoms. The summed E-state index contributed by atoms with van der Waals surface area (Å²) in [4.78, 5) is 14.9. The molecule has 6 nitrogen and oxygen atoms in total. The molecule has 0 spiro atoms. The number of rotatable bonds is 9. The maximum atomic E-state index is 12.8. The predicted molar refractivity (Wildman–Crippen MR) is 128 cm³/mol. The Labute approximate surface area is 192 Å². The van der Waals surface area contributed by atoms with E-state index in [0.29, 0.717) is 6.54 Å². The number of carbonyl (C=O) groups excluding carboxylic acids is 1. The average Bonchev–Trinajstić information content (AvgIpc) is 2.66. The fourth-order valence-corrected chi connectivity index (χ4v) is 4.75. The first kappa shape index (κ1) is 26.0. The average molecular weight is 461 g/mol. The van der Waals surface area contributed by atoms with E-state index >= 15 is 0 Å². The summed E-state index contributed by atoms with van der Waals surface area (Å²) in [5, 5.41) is 10.1. The van der Waals surface area contributed by atoms with Crippen molar-refractivity contribution in [2.75, 3.05) is 14.1 Å². The molecule has 0 aromatic heterocycles. The summed E-state index contributed by atoms with van der Waals surface area (Å²) in [6.45, 7) is 10.5. The largest absolute Gasteiger partial charge is 0.389 e. The summed E-state index contributed by atoms with van der Waals surface area (Å²) in [5.74, 6) is -0.333. The lowest BCUT2D eigenvalue weighted by molar-refractivity contribution is -0.118. The van der Waals surface area contributed by atoms with E-state index in [0.717, 1.165) is 27.8 Å². The number of hydrogen-bond acceptors (Lipinski definition) is 5. The van der Waals surface area contributed by atoms with Crippen molar-refractivity contribution in [1.29, 1.82) is 0 Å². The molecule has 0 fully saturated rings. The number of nitrogens with zero attached hydrogens (tertiary/aromatic N) is 1. The Hall–Kier alpha value is -2.22. The van der Waals surface area contributed by atoms with Crippen LogP contribution in [0.2, 0.25) is 0 Å². The fourth-order valence-electron chi connectivity index (χ4n) is 3.76. The van der Waals surface area contributed by atoms with Crippen LogP contribution in [0.15, 0.2) is 41.3 Å². The fraction of sp³-hybridized carbons (Fsp3) is 0.480.